The molecule has 0 radical (unpaired) electrons. The lowest BCUT2D eigenvalue weighted by molar-refractivity contribution is 0.0534. The number of pyridine rings is 1. The fraction of sp³-hybridized carbons (Fsp3) is 0.238. The number of carbonyl (C=O) groups excluding carboxylic acids is 1. The molecule has 0 spiro atoms. The summed E-state index contributed by atoms with van der Waals surface area (Å²) in [5.74, 6) is 2.00. The predicted molar refractivity (Wildman–Crippen MR) is 100 cm³/mol. The largest absolute Gasteiger partial charge is 0.497 e. The number of nitrogens with zero attached hydrogens (tertiary/aromatic N) is 1. The number of cyclic esters (lactones) is 1. The van der Waals surface area contributed by atoms with Crippen molar-refractivity contribution < 1.29 is 28.5 Å². The molecule has 0 aliphatic carbocycles. The maximum atomic E-state index is 12.5. The Morgan fingerprint density at radius 1 is 0.964 bits per heavy atom. The van der Waals surface area contributed by atoms with Gasteiger partial charge < -0.3 is 23.7 Å². The molecule has 0 amide bonds. The Bertz CT molecular complexity index is 1110. The van der Waals surface area contributed by atoms with Crippen molar-refractivity contribution in [3.05, 3.63) is 41.6 Å². The summed E-state index contributed by atoms with van der Waals surface area (Å²) in [6, 6.07) is 9.29. The molecule has 3 aromatic rings. The summed E-state index contributed by atoms with van der Waals surface area (Å²) < 4.78 is 27.6. The summed E-state index contributed by atoms with van der Waals surface area (Å²) in [7, 11) is 3.18. The number of esters is 1. The summed E-state index contributed by atoms with van der Waals surface area (Å²) >= 11 is 0. The summed E-state index contributed by atoms with van der Waals surface area (Å²) in [5, 5.41) is 0.817. The second-order valence-electron chi connectivity index (χ2n) is 6.47. The molecule has 2 aromatic carbocycles. The van der Waals surface area contributed by atoms with Crippen molar-refractivity contribution >= 4 is 16.9 Å². The number of rotatable bonds is 3. The van der Waals surface area contributed by atoms with Gasteiger partial charge in [-0.05, 0) is 29.8 Å². The van der Waals surface area contributed by atoms with Crippen LogP contribution in [0.5, 0.6) is 23.0 Å². The minimum atomic E-state index is -0.385. The van der Waals surface area contributed by atoms with E-state index in [-0.39, 0.29) is 12.6 Å². The van der Waals surface area contributed by atoms with Gasteiger partial charge in [-0.2, -0.15) is 0 Å². The molecule has 0 unspecified atom stereocenters. The highest BCUT2D eigenvalue weighted by atomic mass is 16.6. The Labute approximate surface area is 160 Å². The van der Waals surface area contributed by atoms with Gasteiger partial charge in [0, 0.05) is 17.0 Å². The van der Waals surface area contributed by atoms with Crippen LogP contribution in [0.1, 0.15) is 16.1 Å². The van der Waals surface area contributed by atoms with Crippen LogP contribution in [0.4, 0.5) is 0 Å². The third-order valence-corrected chi connectivity index (χ3v) is 4.93. The molecule has 2 aliphatic rings. The van der Waals surface area contributed by atoms with Crippen LogP contribution in [0.15, 0.2) is 30.3 Å². The molecule has 0 atom stereocenters. The first-order valence-corrected chi connectivity index (χ1v) is 8.85. The average Bonchev–Trinajstić information content (AvgIpc) is 3.11. The zero-order valence-corrected chi connectivity index (χ0v) is 15.4. The standard InChI is InChI=1S/C21H17NO6/c1-24-12-3-4-13-14(9-12)22-15-10-28-21(23)19(15)18(13)11-7-16(25-2)20-17(8-11)26-5-6-27-20/h3-4,7-9H,5-6,10H2,1-2H3. The van der Waals surface area contributed by atoms with Gasteiger partial charge in [-0.3, -0.25) is 0 Å². The molecule has 142 valence electrons. The lowest BCUT2D eigenvalue weighted by Crippen LogP contribution is -2.16. The van der Waals surface area contributed by atoms with Crippen molar-refractivity contribution in [1.82, 2.24) is 4.98 Å². The molecule has 0 saturated carbocycles. The molecule has 7 heteroatoms. The minimum absolute atomic E-state index is 0.149. The van der Waals surface area contributed by atoms with Crippen LogP contribution in [0.2, 0.25) is 0 Å². The van der Waals surface area contributed by atoms with E-state index in [0.29, 0.717) is 47.5 Å². The number of fused-ring (bicyclic) bond motifs is 3. The molecule has 7 nitrogen and oxygen atoms in total. The lowest BCUT2D eigenvalue weighted by atomic mass is 9.94. The zero-order chi connectivity index (χ0) is 19.3. The van der Waals surface area contributed by atoms with Crippen molar-refractivity contribution in [2.24, 2.45) is 0 Å². The quantitative estimate of drug-likeness (QED) is 0.646. The van der Waals surface area contributed by atoms with Gasteiger partial charge in [-0.15, -0.1) is 0 Å². The summed E-state index contributed by atoms with van der Waals surface area (Å²) in [6.07, 6.45) is 0. The lowest BCUT2D eigenvalue weighted by Gasteiger charge is -2.22. The smallest absolute Gasteiger partial charge is 0.341 e. The molecule has 0 bridgehead atoms. The highest BCUT2D eigenvalue weighted by Crippen LogP contribution is 2.46. The molecule has 28 heavy (non-hydrogen) atoms. The average molecular weight is 379 g/mol. The molecule has 2 aliphatic heterocycles. The Morgan fingerprint density at radius 3 is 2.64 bits per heavy atom. The first-order chi connectivity index (χ1) is 13.7. The van der Waals surface area contributed by atoms with Crippen molar-refractivity contribution in [2.75, 3.05) is 27.4 Å². The fourth-order valence-corrected chi connectivity index (χ4v) is 3.67. The van der Waals surface area contributed by atoms with E-state index in [1.54, 1.807) is 14.2 Å². The first kappa shape index (κ1) is 16.7. The van der Waals surface area contributed by atoms with Crippen LogP contribution < -0.4 is 18.9 Å². The third-order valence-electron chi connectivity index (χ3n) is 4.93. The van der Waals surface area contributed by atoms with Gasteiger partial charge >= 0.3 is 5.97 Å². The van der Waals surface area contributed by atoms with Crippen LogP contribution in [-0.2, 0) is 11.3 Å². The van der Waals surface area contributed by atoms with E-state index in [2.05, 4.69) is 4.98 Å². The SMILES string of the molecule is COc1ccc2c(-c3cc(OC)c4c(c3)OCCO4)c3c(nc2c1)COC3=O. The maximum Gasteiger partial charge on any atom is 0.341 e. The minimum Gasteiger partial charge on any atom is -0.497 e. The molecule has 1 aromatic heterocycles. The van der Waals surface area contributed by atoms with E-state index in [9.17, 15) is 4.79 Å². The molecule has 0 N–H and O–H groups in total. The van der Waals surface area contributed by atoms with E-state index in [0.717, 1.165) is 22.0 Å². The van der Waals surface area contributed by atoms with E-state index < -0.39 is 0 Å². The van der Waals surface area contributed by atoms with Crippen molar-refractivity contribution in [2.45, 2.75) is 6.61 Å². The van der Waals surface area contributed by atoms with Crippen molar-refractivity contribution in [3.63, 3.8) is 0 Å². The number of methoxy groups -OCH3 is 2. The number of hydrogen-bond donors (Lipinski definition) is 0. The van der Waals surface area contributed by atoms with Crippen LogP contribution in [0, 0.1) is 0 Å². The van der Waals surface area contributed by atoms with Crippen LogP contribution >= 0.6 is 0 Å². The second kappa shape index (κ2) is 6.30. The van der Waals surface area contributed by atoms with Crippen molar-refractivity contribution in [1.29, 1.82) is 0 Å². The number of ether oxygens (including phenoxy) is 5. The van der Waals surface area contributed by atoms with Gasteiger partial charge in [0.25, 0.3) is 0 Å². The number of carbonyl (C=O) groups is 1. The van der Waals surface area contributed by atoms with Crippen LogP contribution in [0.3, 0.4) is 0 Å². The van der Waals surface area contributed by atoms with Crippen LogP contribution in [-0.4, -0.2) is 38.4 Å². The van der Waals surface area contributed by atoms with Gasteiger partial charge in [0.1, 0.15) is 25.6 Å². The van der Waals surface area contributed by atoms with E-state index in [4.69, 9.17) is 23.7 Å². The molecule has 3 heterocycles. The zero-order valence-electron chi connectivity index (χ0n) is 15.4. The Morgan fingerprint density at radius 2 is 1.82 bits per heavy atom. The third kappa shape index (κ3) is 2.43. The normalized spacial score (nSPS) is 14.6. The summed E-state index contributed by atoms with van der Waals surface area (Å²) in [5.41, 5.74) is 3.31. The van der Waals surface area contributed by atoms with Gasteiger partial charge in [-0.25, -0.2) is 9.78 Å². The molecule has 5 rings (SSSR count). The van der Waals surface area contributed by atoms with Gasteiger partial charge in [0.2, 0.25) is 5.75 Å². The number of benzene rings is 2. The van der Waals surface area contributed by atoms with E-state index in [1.807, 2.05) is 30.3 Å². The molecule has 0 saturated heterocycles. The molecule has 0 fully saturated rings. The fourth-order valence-electron chi connectivity index (χ4n) is 3.67. The van der Waals surface area contributed by atoms with Crippen molar-refractivity contribution in [3.8, 4) is 34.1 Å². The van der Waals surface area contributed by atoms with E-state index in [1.165, 1.54) is 0 Å². The number of hydrogen-bond acceptors (Lipinski definition) is 7. The maximum absolute atomic E-state index is 12.5. The Kier molecular flexibility index (Phi) is 3.75. The summed E-state index contributed by atoms with van der Waals surface area (Å²) in [6.45, 7) is 1.06. The van der Waals surface area contributed by atoms with Crippen LogP contribution in [0.25, 0.3) is 22.0 Å². The van der Waals surface area contributed by atoms with E-state index >= 15 is 0 Å². The Hall–Kier alpha value is -3.48. The Balaban J connectivity index is 1.83. The highest BCUT2D eigenvalue weighted by Gasteiger charge is 2.30. The molecular formula is C21H17NO6. The van der Waals surface area contributed by atoms with Gasteiger partial charge in [0.15, 0.2) is 11.5 Å². The second-order valence-corrected chi connectivity index (χ2v) is 6.47. The van der Waals surface area contributed by atoms with Gasteiger partial charge in [-0.1, -0.05) is 0 Å². The number of aromatic nitrogens is 1. The topological polar surface area (TPSA) is 76.1 Å². The summed E-state index contributed by atoms with van der Waals surface area (Å²) in [4.78, 5) is 17.1. The first-order valence-electron chi connectivity index (χ1n) is 8.85. The van der Waals surface area contributed by atoms with Gasteiger partial charge in [0.05, 0.1) is 31.0 Å². The highest BCUT2D eigenvalue weighted by molar-refractivity contribution is 6.09. The molecular weight excluding hydrogens is 362 g/mol. The monoisotopic (exact) mass is 379 g/mol. The predicted octanol–water partition coefficient (Wildman–Crippen LogP) is 3.36.